The number of unbranched alkanes of at least 4 members (excludes halogenated alkanes) is 3. The molecule has 140 valence electrons. The monoisotopic (exact) mass is 540 g/mol. The first-order valence-electron chi connectivity index (χ1n) is 10.9. The Morgan fingerprint density at radius 2 is 0.609 bits per heavy atom. The number of rotatable bonds is 15. The molecule has 0 spiro atoms. The summed E-state index contributed by atoms with van der Waals surface area (Å²) >= 11 is -1.60. The third-order valence-electron chi connectivity index (χ3n) is 4.46. The van der Waals surface area contributed by atoms with E-state index < -0.39 is 39.5 Å². The fraction of sp³-hybridized carbons (Fsp3) is 1.00. The van der Waals surface area contributed by atoms with E-state index in [1.165, 1.54) is 57.8 Å². The topological polar surface area (TPSA) is 0 Å². The Balaban J connectivity index is 0. The summed E-state index contributed by atoms with van der Waals surface area (Å²) in [7, 11) is 0. The van der Waals surface area contributed by atoms with Crippen LogP contribution in [0.3, 0.4) is 0 Å². The van der Waals surface area contributed by atoms with Gasteiger partial charge in [-0.1, -0.05) is 0 Å². The molecule has 0 heterocycles. The molecule has 0 atom stereocenters. The van der Waals surface area contributed by atoms with E-state index in [4.69, 9.17) is 0 Å². The predicted molar refractivity (Wildman–Crippen MR) is 116 cm³/mol. The summed E-state index contributed by atoms with van der Waals surface area (Å²) in [6.07, 6.45) is 13.2. The van der Waals surface area contributed by atoms with Gasteiger partial charge < -0.3 is 0 Å². The van der Waals surface area contributed by atoms with Crippen LogP contribution < -0.4 is 0 Å². The minimum absolute atomic E-state index is 0.759. The molecule has 0 aliphatic rings. The van der Waals surface area contributed by atoms with E-state index in [-0.39, 0.29) is 0 Å². The first-order valence-corrected chi connectivity index (χ1v) is 23.0. The van der Waals surface area contributed by atoms with Gasteiger partial charge in [-0.2, -0.15) is 0 Å². The van der Waals surface area contributed by atoms with Crippen LogP contribution in [0.2, 0.25) is 26.6 Å². The standard InChI is InChI=1S/3C4H9.3C3H7.2Sn/c3*1-3-4-2;3*1-3-2;;/h3*1,3-4H2,2H3;3*1,3H2,2H3;;. The molecule has 2 radical (unpaired) electrons. The Kier molecular flexibility index (Phi) is 27.5. The van der Waals surface area contributed by atoms with Crippen molar-refractivity contribution in [1.29, 1.82) is 0 Å². The van der Waals surface area contributed by atoms with Crippen molar-refractivity contribution in [3.63, 3.8) is 0 Å². The van der Waals surface area contributed by atoms with Crippen LogP contribution in [-0.4, -0.2) is 39.5 Å². The minimum atomic E-state index is -0.839. The normalized spacial score (nSPS) is 11.0. The Bertz CT molecular complexity index is 161. The van der Waals surface area contributed by atoms with Gasteiger partial charge in [-0.15, -0.1) is 0 Å². The number of hydrogen-bond acceptors (Lipinski definition) is 0. The van der Waals surface area contributed by atoms with Crippen LogP contribution in [0, 0.1) is 0 Å². The second kappa shape index (κ2) is 23.6. The van der Waals surface area contributed by atoms with E-state index in [9.17, 15) is 0 Å². The van der Waals surface area contributed by atoms with Gasteiger partial charge in [-0.3, -0.25) is 0 Å². The molecule has 0 N–H and O–H groups in total. The molecule has 0 fully saturated rings. The van der Waals surface area contributed by atoms with Crippen LogP contribution in [0.4, 0.5) is 0 Å². The summed E-state index contributed by atoms with van der Waals surface area (Å²) in [5.74, 6) is 0. The van der Waals surface area contributed by atoms with Gasteiger partial charge in [0.05, 0.1) is 0 Å². The maximum absolute atomic E-state index is 2.34. The molecule has 0 saturated heterocycles. The molecular formula is C21H48Sn2. The predicted octanol–water partition coefficient (Wildman–Crippen LogP) is 8.59. The van der Waals surface area contributed by atoms with E-state index in [2.05, 4.69) is 41.5 Å². The fourth-order valence-electron chi connectivity index (χ4n) is 3.09. The van der Waals surface area contributed by atoms with E-state index in [1.807, 2.05) is 0 Å². The van der Waals surface area contributed by atoms with Gasteiger partial charge in [0.2, 0.25) is 0 Å². The van der Waals surface area contributed by atoms with Crippen LogP contribution in [0.5, 0.6) is 0 Å². The van der Waals surface area contributed by atoms with Crippen LogP contribution >= 0.6 is 0 Å². The summed E-state index contributed by atoms with van der Waals surface area (Å²) < 4.78 is 9.97. The molecule has 0 aromatic heterocycles. The Hall–Kier alpha value is 1.60. The van der Waals surface area contributed by atoms with Crippen LogP contribution in [0.25, 0.3) is 0 Å². The number of hydrogen-bond donors (Lipinski definition) is 0. The molecule has 0 saturated carbocycles. The Morgan fingerprint density at radius 3 is 0.826 bits per heavy atom. The van der Waals surface area contributed by atoms with Gasteiger partial charge in [0.15, 0.2) is 0 Å². The fourth-order valence-corrected chi connectivity index (χ4v) is 20.7. The van der Waals surface area contributed by atoms with Crippen molar-refractivity contribution in [3.8, 4) is 0 Å². The molecule has 0 bridgehead atoms. The van der Waals surface area contributed by atoms with Crippen molar-refractivity contribution < 1.29 is 0 Å². The Morgan fingerprint density at radius 1 is 0.348 bits per heavy atom. The van der Waals surface area contributed by atoms with Crippen molar-refractivity contribution in [2.24, 2.45) is 0 Å². The molecular weight excluding hydrogens is 490 g/mol. The second-order valence-corrected chi connectivity index (χ2v) is 24.2. The molecule has 0 aromatic rings. The quantitative estimate of drug-likeness (QED) is 0.183. The van der Waals surface area contributed by atoms with Crippen LogP contribution in [0.1, 0.15) is 99.3 Å². The van der Waals surface area contributed by atoms with E-state index >= 15 is 0 Å². The van der Waals surface area contributed by atoms with Crippen molar-refractivity contribution >= 4 is 39.5 Å². The maximum atomic E-state index is 2.34. The summed E-state index contributed by atoms with van der Waals surface area (Å²) in [5.41, 5.74) is 0. The van der Waals surface area contributed by atoms with E-state index in [0.717, 1.165) is 0 Å². The molecule has 0 unspecified atom stereocenters. The molecule has 0 aromatic carbocycles. The summed E-state index contributed by atoms with van der Waals surface area (Å²) in [6, 6.07) is 0. The molecule has 0 nitrogen and oxygen atoms in total. The zero-order valence-electron chi connectivity index (χ0n) is 17.6. The van der Waals surface area contributed by atoms with E-state index in [1.54, 1.807) is 26.6 Å². The molecule has 0 aliphatic heterocycles. The first-order chi connectivity index (χ1) is 11.2. The third-order valence-corrected chi connectivity index (χ3v) is 23.9. The van der Waals surface area contributed by atoms with Crippen molar-refractivity contribution in [2.75, 3.05) is 0 Å². The van der Waals surface area contributed by atoms with Gasteiger partial charge in [0, 0.05) is 0 Å². The van der Waals surface area contributed by atoms with Gasteiger partial charge >= 0.3 is 165 Å². The average Bonchev–Trinajstić information content (AvgIpc) is 2.55. The zero-order chi connectivity index (χ0) is 17.8. The summed E-state index contributed by atoms with van der Waals surface area (Å²) in [4.78, 5) is 0. The van der Waals surface area contributed by atoms with Crippen LogP contribution in [-0.2, 0) is 0 Å². The molecule has 0 rings (SSSR count). The zero-order valence-corrected chi connectivity index (χ0v) is 23.3. The van der Waals surface area contributed by atoms with Crippen molar-refractivity contribution in [3.05, 3.63) is 0 Å². The molecule has 0 aliphatic carbocycles. The van der Waals surface area contributed by atoms with Crippen molar-refractivity contribution in [2.45, 2.75) is 126 Å². The van der Waals surface area contributed by atoms with Crippen LogP contribution in [0.15, 0.2) is 0 Å². The van der Waals surface area contributed by atoms with Gasteiger partial charge in [-0.05, 0) is 0 Å². The molecule has 23 heavy (non-hydrogen) atoms. The summed E-state index contributed by atoms with van der Waals surface area (Å²) in [6.45, 7) is 14.0. The third kappa shape index (κ3) is 21.6. The Labute approximate surface area is 164 Å². The van der Waals surface area contributed by atoms with Crippen molar-refractivity contribution in [1.82, 2.24) is 0 Å². The average molecular weight is 538 g/mol. The SMILES string of the molecule is CCC[CH2][Sn]([CH2]CCC)[CH2]CCC.CC[CH2][Sn]([CH2]CC)[CH2]CC. The summed E-state index contributed by atoms with van der Waals surface area (Å²) in [5, 5.41) is 0. The van der Waals surface area contributed by atoms with Gasteiger partial charge in [0.25, 0.3) is 0 Å². The first kappa shape index (κ1) is 26.8. The van der Waals surface area contributed by atoms with E-state index in [0.29, 0.717) is 0 Å². The second-order valence-electron chi connectivity index (χ2n) is 7.06. The molecule has 0 amide bonds. The molecule has 2 heteroatoms. The van der Waals surface area contributed by atoms with Gasteiger partial charge in [-0.25, -0.2) is 0 Å². The van der Waals surface area contributed by atoms with Gasteiger partial charge in [0.1, 0.15) is 0 Å².